The van der Waals surface area contributed by atoms with Crippen molar-refractivity contribution in [2.75, 3.05) is 17.1 Å². The van der Waals surface area contributed by atoms with Crippen molar-refractivity contribution in [3.8, 4) is 0 Å². The van der Waals surface area contributed by atoms with Gasteiger partial charge in [-0.3, -0.25) is 9.29 Å². The average Bonchev–Trinajstić information content (AvgIpc) is 2.58. The number of nitrogens with zero attached hydrogens (tertiary/aromatic N) is 2. The van der Waals surface area contributed by atoms with Crippen molar-refractivity contribution in [1.29, 1.82) is 0 Å². The molecule has 1 aromatic rings. The van der Waals surface area contributed by atoms with Crippen molar-refractivity contribution in [1.82, 2.24) is 4.98 Å². The van der Waals surface area contributed by atoms with Gasteiger partial charge in [0.2, 0.25) is 10.0 Å². The van der Waals surface area contributed by atoms with Gasteiger partial charge in [0.15, 0.2) is 0 Å². The normalized spacial score (nSPS) is 15.6. The summed E-state index contributed by atoms with van der Waals surface area (Å²) in [5.41, 5.74) is 2.77. The summed E-state index contributed by atoms with van der Waals surface area (Å²) in [6.07, 6.45) is 3.81. The monoisotopic (exact) mass is 240 g/mol. The third-order valence-electron chi connectivity index (χ3n) is 2.83. The number of anilines is 1. The fraction of sp³-hybridized carbons (Fsp3) is 0.545. The summed E-state index contributed by atoms with van der Waals surface area (Å²) in [4.78, 5) is 4.34. The van der Waals surface area contributed by atoms with Crippen molar-refractivity contribution in [3.05, 3.63) is 23.5 Å². The van der Waals surface area contributed by atoms with Gasteiger partial charge in [0, 0.05) is 18.4 Å². The van der Waals surface area contributed by atoms with Crippen LogP contribution in [0.2, 0.25) is 0 Å². The summed E-state index contributed by atoms with van der Waals surface area (Å²) in [5, 5.41) is 0. The van der Waals surface area contributed by atoms with E-state index in [9.17, 15) is 8.42 Å². The number of aromatic nitrogens is 1. The molecule has 0 atom stereocenters. The van der Waals surface area contributed by atoms with Crippen molar-refractivity contribution in [2.24, 2.45) is 0 Å². The molecule has 1 aromatic heterocycles. The summed E-state index contributed by atoms with van der Waals surface area (Å²) in [6, 6.07) is 1.90. The van der Waals surface area contributed by atoms with Gasteiger partial charge >= 0.3 is 0 Å². The predicted octanol–water partition coefficient (Wildman–Crippen LogP) is 1.53. The molecular weight excluding hydrogens is 224 g/mol. The fourth-order valence-electron chi connectivity index (χ4n) is 1.92. The van der Waals surface area contributed by atoms with E-state index in [0.717, 1.165) is 23.4 Å². The minimum Gasteiger partial charge on any atom is -0.270 e. The summed E-state index contributed by atoms with van der Waals surface area (Å²) < 4.78 is 24.6. The number of pyridine rings is 1. The van der Waals surface area contributed by atoms with Crippen molar-refractivity contribution in [2.45, 2.75) is 26.2 Å². The SMILES string of the molecule is CC(C)c1cc2c(cn1)CCN2S(C)(=O)=O. The number of hydrogen-bond acceptors (Lipinski definition) is 3. The largest absolute Gasteiger partial charge is 0.270 e. The Morgan fingerprint density at radius 1 is 1.44 bits per heavy atom. The van der Waals surface area contributed by atoms with Crippen molar-refractivity contribution >= 4 is 15.7 Å². The molecule has 0 unspecified atom stereocenters. The zero-order chi connectivity index (χ0) is 11.9. The molecule has 0 aromatic carbocycles. The van der Waals surface area contributed by atoms with Gasteiger partial charge in [-0.2, -0.15) is 0 Å². The molecule has 0 radical (unpaired) electrons. The van der Waals surface area contributed by atoms with E-state index in [0.29, 0.717) is 12.5 Å². The highest BCUT2D eigenvalue weighted by Crippen LogP contribution is 2.31. The molecule has 0 aliphatic carbocycles. The molecule has 0 N–H and O–H groups in total. The van der Waals surface area contributed by atoms with E-state index in [-0.39, 0.29) is 0 Å². The second-order valence-electron chi connectivity index (χ2n) is 4.48. The number of hydrogen-bond donors (Lipinski definition) is 0. The molecule has 0 saturated heterocycles. The van der Waals surface area contributed by atoms with E-state index in [1.165, 1.54) is 10.6 Å². The van der Waals surface area contributed by atoms with E-state index in [1.54, 1.807) is 6.20 Å². The molecule has 4 nitrogen and oxygen atoms in total. The van der Waals surface area contributed by atoms with Crippen LogP contribution in [-0.4, -0.2) is 26.2 Å². The first-order valence-electron chi connectivity index (χ1n) is 5.36. The van der Waals surface area contributed by atoms with Crippen LogP contribution in [0.3, 0.4) is 0 Å². The first-order chi connectivity index (χ1) is 7.39. The first kappa shape index (κ1) is 11.4. The molecule has 2 rings (SSSR count). The first-order valence-corrected chi connectivity index (χ1v) is 7.21. The Morgan fingerprint density at radius 2 is 2.12 bits per heavy atom. The van der Waals surface area contributed by atoms with Crippen LogP contribution >= 0.6 is 0 Å². The van der Waals surface area contributed by atoms with Crippen LogP contribution in [0, 0.1) is 0 Å². The molecule has 0 saturated carbocycles. The summed E-state index contributed by atoms with van der Waals surface area (Å²) in [7, 11) is -3.15. The van der Waals surface area contributed by atoms with E-state index < -0.39 is 10.0 Å². The van der Waals surface area contributed by atoms with E-state index in [4.69, 9.17) is 0 Å². The summed E-state index contributed by atoms with van der Waals surface area (Å²) >= 11 is 0. The van der Waals surface area contributed by atoms with Gasteiger partial charge in [0.25, 0.3) is 0 Å². The Hall–Kier alpha value is -1.10. The Labute approximate surface area is 96.4 Å². The van der Waals surface area contributed by atoms with Crippen LogP contribution in [-0.2, 0) is 16.4 Å². The third kappa shape index (κ3) is 1.91. The quantitative estimate of drug-likeness (QED) is 0.787. The molecule has 2 heterocycles. The van der Waals surface area contributed by atoms with Gasteiger partial charge in [0.05, 0.1) is 11.9 Å². The second-order valence-corrected chi connectivity index (χ2v) is 6.38. The Morgan fingerprint density at radius 3 is 2.69 bits per heavy atom. The highest BCUT2D eigenvalue weighted by molar-refractivity contribution is 7.92. The summed E-state index contributed by atoms with van der Waals surface area (Å²) in [5.74, 6) is 0.312. The Kier molecular flexibility index (Phi) is 2.66. The molecule has 0 bridgehead atoms. The zero-order valence-corrected chi connectivity index (χ0v) is 10.6. The standard InChI is InChI=1S/C11H16N2O2S/c1-8(2)10-6-11-9(7-12-10)4-5-13(11)16(3,14)15/h6-8H,4-5H2,1-3H3. The molecule has 1 aliphatic heterocycles. The maximum Gasteiger partial charge on any atom is 0.232 e. The molecule has 88 valence electrons. The number of fused-ring (bicyclic) bond motifs is 1. The van der Waals surface area contributed by atoms with Crippen LogP contribution in [0.15, 0.2) is 12.3 Å². The lowest BCUT2D eigenvalue weighted by Crippen LogP contribution is -2.27. The van der Waals surface area contributed by atoms with Crippen LogP contribution in [0.5, 0.6) is 0 Å². The molecule has 16 heavy (non-hydrogen) atoms. The van der Waals surface area contributed by atoms with Gasteiger partial charge in [-0.25, -0.2) is 8.42 Å². The molecular formula is C11H16N2O2S. The molecule has 0 spiro atoms. The van der Waals surface area contributed by atoms with Crippen LogP contribution in [0.25, 0.3) is 0 Å². The van der Waals surface area contributed by atoms with Gasteiger partial charge in [0.1, 0.15) is 0 Å². The summed E-state index contributed by atoms with van der Waals surface area (Å²) in [6.45, 7) is 4.64. The van der Waals surface area contributed by atoms with Crippen LogP contribution < -0.4 is 4.31 Å². The number of rotatable bonds is 2. The molecule has 5 heteroatoms. The minimum atomic E-state index is -3.15. The van der Waals surface area contributed by atoms with Crippen LogP contribution in [0.1, 0.15) is 31.0 Å². The van der Waals surface area contributed by atoms with Crippen molar-refractivity contribution in [3.63, 3.8) is 0 Å². The maximum absolute atomic E-state index is 11.6. The minimum absolute atomic E-state index is 0.312. The zero-order valence-electron chi connectivity index (χ0n) is 9.77. The van der Waals surface area contributed by atoms with Gasteiger partial charge in [-0.15, -0.1) is 0 Å². The topological polar surface area (TPSA) is 50.3 Å². The molecule has 1 aliphatic rings. The van der Waals surface area contributed by atoms with Crippen LogP contribution in [0.4, 0.5) is 5.69 Å². The second kappa shape index (κ2) is 3.73. The highest BCUT2D eigenvalue weighted by atomic mass is 32.2. The lowest BCUT2D eigenvalue weighted by Gasteiger charge is -2.17. The van der Waals surface area contributed by atoms with Gasteiger partial charge in [-0.05, 0) is 24.0 Å². The maximum atomic E-state index is 11.6. The average molecular weight is 240 g/mol. The van der Waals surface area contributed by atoms with Crippen molar-refractivity contribution < 1.29 is 8.42 Å². The predicted molar refractivity (Wildman–Crippen MR) is 64.2 cm³/mol. The smallest absolute Gasteiger partial charge is 0.232 e. The third-order valence-corrected chi connectivity index (χ3v) is 4.01. The van der Waals surface area contributed by atoms with E-state index >= 15 is 0 Å². The van der Waals surface area contributed by atoms with Gasteiger partial charge < -0.3 is 0 Å². The van der Waals surface area contributed by atoms with E-state index in [2.05, 4.69) is 18.8 Å². The molecule has 0 amide bonds. The lowest BCUT2D eigenvalue weighted by atomic mass is 10.1. The molecule has 0 fully saturated rings. The Balaban J connectivity index is 2.49. The number of sulfonamides is 1. The highest BCUT2D eigenvalue weighted by Gasteiger charge is 2.26. The lowest BCUT2D eigenvalue weighted by molar-refractivity contribution is 0.598. The van der Waals surface area contributed by atoms with E-state index in [1.807, 2.05) is 6.07 Å². The van der Waals surface area contributed by atoms with Gasteiger partial charge in [-0.1, -0.05) is 13.8 Å². The Bertz CT molecular complexity index is 509. The fourth-order valence-corrected chi connectivity index (χ4v) is 2.87.